The summed E-state index contributed by atoms with van der Waals surface area (Å²) >= 11 is 0. The fourth-order valence-electron chi connectivity index (χ4n) is 4.38. The molecule has 5 atom stereocenters. The van der Waals surface area contributed by atoms with E-state index in [1.54, 1.807) is 12.1 Å². The van der Waals surface area contributed by atoms with E-state index in [2.05, 4.69) is 17.2 Å². The molecule has 3 rings (SSSR count). The van der Waals surface area contributed by atoms with E-state index in [4.69, 9.17) is 14.2 Å². The van der Waals surface area contributed by atoms with Crippen molar-refractivity contribution in [1.29, 1.82) is 0 Å². The van der Waals surface area contributed by atoms with Crippen molar-refractivity contribution >= 4 is 17.8 Å². The number of hydrogen-bond donors (Lipinski definition) is 4. The van der Waals surface area contributed by atoms with Gasteiger partial charge < -0.3 is 35.1 Å². The lowest BCUT2D eigenvalue weighted by molar-refractivity contribution is -0.296. The fourth-order valence-corrected chi connectivity index (χ4v) is 4.38. The lowest BCUT2D eigenvalue weighted by Crippen LogP contribution is -2.64. The Morgan fingerprint density at radius 3 is 2.42 bits per heavy atom. The summed E-state index contributed by atoms with van der Waals surface area (Å²) in [7, 11) is 1.16. The van der Waals surface area contributed by atoms with Gasteiger partial charge in [0.1, 0.15) is 0 Å². The molecule has 5 unspecified atom stereocenters. The second-order valence-corrected chi connectivity index (χ2v) is 9.04. The Morgan fingerprint density at radius 1 is 1.16 bits per heavy atom. The van der Waals surface area contributed by atoms with Crippen LogP contribution in [0.1, 0.15) is 30.1 Å². The highest BCUT2D eigenvalue weighted by atomic mass is 16.7. The molecule has 2 amide bonds. The number of esters is 1. The van der Waals surface area contributed by atoms with Crippen LogP contribution in [0.25, 0.3) is 11.1 Å². The second-order valence-electron chi connectivity index (χ2n) is 9.04. The lowest BCUT2D eigenvalue weighted by Gasteiger charge is -2.45. The molecule has 1 saturated heterocycles. The van der Waals surface area contributed by atoms with Crippen LogP contribution in [0.2, 0.25) is 0 Å². The van der Waals surface area contributed by atoms with Crippen LogP contribution in [0.3, 0.4) is 0 Å². The molecular formula is C28H34N2O8. The van der Waals surface area contributed by atoms with E-state index in [1.807, 2.05) is 42.5 Å². The van der Waals surface area contributed by atoms with Crippen LogP contribution in [0.4, 0.5) is 0 Å². The Balaban J connectivity index is 1.67. The number of ether oxygens (including phenoxy) is 3. The minimum Gasteiger partial charge on any atom is -0.465 e. The van der Waals surface area contributed by atoms with Crippen LogP contribution in [-0.2, 0) is 23.8 Å². The summed E-state index contributed by atoms with van der Waals surface area (Å²) in [5, 5.41) is 26.8. The SMILES string of the molecule is C=CCOC1(C(=O)OC)CC(O)C(NC(C)=O)C(CC(O)CNC(=O)c2ccc(-c3ccccc3)cc2)O1. The van der Waals surface area contributed by atoms with E-state index in [1.165, 1.54) is 13.0 Å². The zero-order chi connectivity index (χ0) is 27.7. The quantitative estimate of drug-likeness (QED) is 0.255. The molecule has 0 saturated carbocycles. The number of rotatable bonds is 11. The highest BCUT2D eigenvalue weighted by Crippen LogP contribution is 2.34. The zero-order valence-corrected chi connectivity index (χ0v) is 21.5. The molecular weight excluding hydrogens is 492 g/mol. The third kappa shape index (κ3) is 7.26. The largest absolute Gasteiger partial charge is 0.465 e. The van der Waals surface area contributed by atoms with Gasteiger partial charge in [0.2, 0.25) is 5.91 Å². The van der Waals surface area contributed by atoms with Crippen LogP contribution in [0.5, 0.6) is 0 Å². The molecule has 2 aromatic carbocycles. The Hall–Kier alpha value is -3.57. The number of benzene rings is 2. The molecule has 0 spiro atoms. The van der Waals surface area contributed by atoms with Crippen LogP contribution < -0.4 is 10.6 Å². The fraction of sp³-hybridized carbons (Fsp3) is 0.393. The Morgan fingerprint density at radius 2 is 1.82 bits per heavy atom. The number of hydrogen-bond acceptors (Lipinski definition) is 8. The molecule has 38 heavy (non-hydrogen) atoms. The number of carbonyl (C=O) groups is 3. The standard InChI is InChI=1S/C28H34N2O8/c1-4-14-37-28(27(35)36-3)16-23(33)25(30-18(2)31)24(38-28)15-22(32)17-29-26(34)21-12-10-20(11-13-21)19-8-6-5-7-9-19/h4-13,22-25,32-33H,1,14-17H2,2-3H3,(H,29,34)(H,30,31). The minimum atomic E-state index is -1.95. The number of carbonyl (C=O) groups excluding carboxylic acids is 3. The molecule has 4 N–H and O–H groups in total. The topological polar surface area (TPSA) is 143 Å². The highest BCUT2D eigenvalue weighted by molar-refractivity contribution is 5.94. The zero-order valence-electron chi connectivity index (χ0n) is 21.5. The molecule has 10 nitrogen and oxygen atoms in total. The Kier molecular flexibility index (Phi) is 10.1. The van der Waals surface area contributed by atoms with Crippen molar-refractivity contribution in [1.82, 2.24) is 10.6 Å². The minimum absolute atomic E-state index is 0.0684. The van der Waals surface area contributed by atoms with Gasteiger partial charge >= 0.3 is 5.97 Å². The van der Waals surface area contributed by atoms with Crippen LogP contribution >= 0.6 is 0 Å². The molecule has 1 heterocycles. The maximum Gasteiger partial charge on any atom is 0.366 e. The second kappa shape index (κ2) is 13.3. The highest BCUT2D eigenvalue weighted by Gasteiger charge is 2.54. The summed E-state index contributed by atoms with van der Waals surface area (Å²) in [6.07, 6.45) is -2.45. The molecule has 10 heteroatoms. The van der Waals surface area contributed by atoms with Gasteiger partial charge in [-0.05, 0) is 23.3 Å². The van der Waals surface area contributed by atoms with Gasteiger partial charge in [-0.1, -0.05) is 48.5 Å². The predicted octanol–water partition coefficient (Wildman–Crippen LogP) is 1.56. The van der Waals surface area contributed by atoms with Gasteiger partial charge in [0.05, 0.1) is 38.1 Å². The first-order chi connectivity index (χ1) is 18.2. The van der Waals surface area contributed by atoms with Crippen molar-refractivity contribution in [2.45, 2.75) is 49.9 Å². The summed E-state index contributed by atoms with van der Waals surface area (Å²) in [5.41, 5.74) is 2.41. The monoisotopic (exact) mass is 526 g/mol. The van der Waals surface area contributed by atoms with Gasteiger partial charge in [0.15, 0.2) is 0 Å². The van der Waals surface area contributed by atoms with Gasteiger partial charge in [-0.2, -0.15) is 0 Å². The molecule has 0 radical (unpaired) electrons. The first kappa shape index (κ1) is 29.0. The average molecular weight is 527 g/mol. The normalized spacial score (nSPS) is 23.6. The number of nitrogens with one attached hydrogen (secondary N) is 2. The van der Waals surface area contributed by atoms with Gasteiger partial charge in [0.25, 0.3) is 11.7 Å². The molecule has 0 aliphatic carbocycles. The first-order valence-corrected chi connectivity index (χ1v) is 12.3. The molecule has 1 fully saturated rings. The van der Waals surface area contributed by atoms with E-state index in [-0.39, 0.29) is 31.9 Å². The number of aliphatic hydroxyl groups excluding tert-OH is 2. The van der Waals surface area contributed by atoms with E-state index < -0.39 is 42.0 Å². The van der Waals surface area contributed by atoms with E-state index in [0.29, 0.717) is 5.56 Å². The maximum absolute atomic E-state index is 12.7. The molecule has 204 valence electrons. The van der Waals surface area contributed by atoms with Crippen molar-refractivity contribution in [3.05, 3.63) is 72.8 Å². The summed E-state index contributed by atoms with van der Waals surface area (Å²) in [4.78, 5) is 37.0. The van der Waals surface area contributed by atoms with E-state index >= 15 is 0 Å². The third-order valence-electron chi connectivity index (χ3n) is 6.19. The summed E-state index contributed by atoms with van der Waals surface area (Å²) in [5.74, 6) is -3.64. The maximum atomic E-state index is 12.7. The molecule has 0 bridgehead atoms. The van der Waals surface area contributed by atoms with E-state index in [0.717, 1.165) is 18.2 Å². The van der Waals surface area contributed by atoms with E-state index in [9.17, 15) is 24.6 Å². The van der Waals surface area contributed by atoms with Crippen molar-refractivity contribution in [2.75, 3.05) is 20.3 Å². The van der Waals surface area contributed by atoms with Crippen molar-refractivity contribution < 1.29 is 38.8 Å². The smallest absolute Gasteiger partial charge is 0.366 e. The summed E-state index contributed by atoms with van der Waals surface area (Å²) in [6.45, 7) is 4.63. The molecule has 2 aromatic rings. The number of methoxy groups -OCH3 is 1. The molecule has 1 aliphatic heterocycles. The average Bonchev–Trinajstić information content (AvgIpc) is 2.92. The van der Waals surface area contributed by atoms with Gasteiger partial charge in [-0.15, -0.1) is 6.58 Å². The van der Waals surface area contributed by atoms with Crippen molar-refractivity contribution in [3.8, 4) is 11.1 Å². The first-order valence-electron chi connectivity index (χ1n) is 12.3. The number of aliphatic hydroxyl groups is 2. The Labute approximate surface area is 221 Å². The summed E-state index contributed by atoms with van der Waals surface area (Å²) in [6, 6.07) is 15.9. The molecule has 1 aliphatic rings. The third-order valence-corrected chi connectivity index (χ3v) is 6.19. The van der Waals surface area contributed by atoms with Crippen molar-refractivity contribution in [3.63, 3.8) is 0 Å². The Bertz CT molecular complexity index is 1110. The molecule has 0 aromatic heterocycles. The van der Waals surface area contributed by atoms with Crippen molar-refractivity contribution in [2.24, 2.45) is 0 Å². The van der Waals surface area contributed by atoms with Gasteiger partial charge in [-0.25, -0.2) is 4.79 Å². The van der Waals surface area contributed by atoms with Gasteiger partial charge in [-0.3, -0.25) is 9.59 Å². The van der Waals surface area contributed by atoms with Crippen LogP contribution in [-0.4, -0.2) is 78.4 Å². The number of amides is 2. The summed E-state index contributed by atoms with van der Waals surface area (Å²) < 4.78 is 16.3. The van der Waals surface area contributed by atoms with Crippen LogP contribution in [0, 0.1) is 0 Å². The predicted molar refractivity (Wildman–Crippen MR) is 139 cm³/mol. The van der Waals surface area contributed by atoms with Gasteiger partial charge in [0, 0.05) is 31.9 Å². The lowest BCUT2D eigenvalue weighted by atomic mass is 9.90. The van der Waals surface area contributed by atoms with Crippen LogP contribution in [0.15, 0.2) is 67.3 Å².